The smallest absolute Gasteiger partial charge is 0.253 e. The predicted molar refractivity (Wildman–Crippen MR) is 94.9 cm³/mol. The average Bonchev–Trinajstić information content (AvgIpc) is 2.63. The Balaban J connectivity index is 1.60. The highest BCUT2D eigenvalue weighted by molar-refractivity contribution is 5.96. The van der Waals surface area contributed by atoms with E-state index in [4.69, 9.17) is 9.47 Å². The van der Waals surface area contributed by atoms with Crippen molar-refractivity contribution in [1.29, 1.82) is 0 Å². The quantitative estimate of drug-likeness (QED) is 0.906. The highest BCUT2D eigenvalue weighted by Crippen LogP contribution is 2.20. The molecule has 1 heterocycles. The summed E-state index contributed by atoms with van der Waals surface area (Å²) in [5.41, 5.74) is 2.38. The van der Waals surface area contributed by atoms with Crippen LogP contribution in [0.1, 0.15) is 5.56 Å². The van der Waals surface area contributed by atoms with Crippen LogP contribution in [0.2, 0.25) is 0 Å². The van der Waals surface area contributed by atoms with Gasteiger partial charge in [0, 0.05) is 17.9 Å². The second kappa shape index (κ2) is 7.81. The third kappa shape index (κ3) is 4.36. The Morgan fingerprint density at radius 3 is 2.76 bits per heavy atom. The molecule has 1 fully saturated rings. The number of hydrogen-bond acceptors (Lipinski definition) is 4. The maximum Gasteiger partial charge on any atom is 0.253 e. The summed E-state index contributed by atoms with van der Waals surface area (Å²) in [6.07, 6.45) is 0.265. The number of amides is 2. The standard InChI is InChI=1S/C19H20N2O4/c1-24-17-4-2-3-14(11-17)12-18(22)20-15-5-7-16(8-6-15)21-9-10-25-13-19(21)23/h2-8,11H,9-10,12-13H2,1H3,(H,20,22). The van der Waals surface area contributed by atoms with Gasteiger partial charge in [0.25, 0.3) is 5.91 Å². The van der Waals surface area contributed by atoms with Gasteiger partial charge in [0.15, 0.2) is 0 Å². The number of anilines is 2. The monoisotopic (exact) mass is 340 g/mol. The number of morpholine rings is 1. The number of benzene rings is 2. The zero-order valence-electron chi connectivity index (χ0n) is 14.0. The Hall–Kier alpha value is -2.86. The van der Waals surface area contributed by atoms with E-state index in [1.165, 1.54) is 0 Å². The number of nitrogens with one attached hydrogen (secondary N) is 1. The SMILES string of the molecule is COc1cccc(CC(=O)Nc2ccc(N3CCOCC3=O)cc2)c1. The Bertz CT molecular complexity index is 758. The van der Waals surface area contributed by atoms with Crippen molar-refractivity contribution in [3.05, 3.63) is 54.1 Å². The minimum Gasteiger partial charge on any atom is -0.497 e. The average molecular weight is 340 g/mol. The molecule has 25 heavy (non-hydrogen) atoms. The van der Waals surface area contributed by atoms with Crippen LogP contribution in [-0.2, 0) is 20.7 Å². The third-order valence-corrected chi connectivity index (χ3v) is 3.95. The van der Waals surface area contributed by atoms with E-state index in [2.05, 4.69) is 5.32 Å². The molecule has 0 aromatic heterocycles. The molecule has 2 aromatic carbocycles. The molecule has 1 saturated heterocycles. The van der Waals surface area contributed by atoms with Crippen LogP contribution < -0.4 is 15.0 Å². The molecule has 0 atom stereocenters. The molecule has 6 nitrogen and oxygen atoms in total. The van der Waals surface area contributed by atoms with Crippen molar-refractivity contribution < 1.29 is 19.1 Å². The molecular formula is C19H20N2O4. The molecule has 130 valence electrons. The molecule has 1 aliphatic heterocycles. The second-order valence-corrected chi connectivity index (χ2v) is 5.72. The van der Waals surface area contributed by atoms with E-state index >= 15 is 0 Å². The van der Waals surface area contributed by atoms with E-state index in [1.807, 2.05) is 36.4 Å². The fraction of sp³-hybridized carbons (Fsp3) is 0.263. The number of hydrogen-bond donors (Lipinski definition) is 1. The lowest BCUT2D eigenvalue weighted by Gasteiger charge is -2.26. The summed E-state index contributed by atoms with van der Waals surface area (Å²) in [4.78, 5) is 25.7. The molecule has 3 rings (SSSR count). The van der Waals surface area contributed by atoms with Gasteiger partial charge in [0.2, 0.25) is 5.91 Å². The van der Waals surface area contributed by atoms with Crippen LogP contribution in [0, 0.1) is 0 Å². The van der Waals surface area contributed by atoms with E-state index in [0.717, 1.165) is 17.0 Å². The normalized spacial score (nSPS) is 14.3. The van der Waals surface area contributed by atoms with Gasteiger partial charge in [0.05, 0.1) is 20.1 Å². The summed E-state index contributed by atoms with van der Waals surface area (Å²) in [7, 11) is 1.60. The maximum absolute atomic E-state index is 12.2. The number of nitrogens with zero attached hydrogens (tertiary/aromatic N) is 1. The van der Waals surface area contributed by atoms with Crippen molar-refractivity contribution in [3.8, 4) is 5.75 Å². The van der Waals surface area contributed by atoms with E-state index in [9.17, 15) is 9.59 Å². The molecule has 0 unspecified atom stereocenters. The first-order valence-corrected chi connectivity index (χ1v) is 8.06. The van der Waals surface area contributed by atoms with Crippen LogP contribution in [0.25, 0.3) is 0 Å². The molecule has 0 spiro atoms. The Morgan fingerprint density at radius 1 is 1.24 bits per heavy atom. The summed E-state index contributed by atoms with van der Waals surface area (Å²) in [6, 6.07) is 14.7. The number of carbonyl (C=O) groups excluding carboxylic acids is 2. The topological polar surface area (TPSA) is 67.9 Å². The van der Waals surface area contributed by atoms with Crippen LogP contribution in [0.15, 0.2) is 48.5 Å². The van der Waals surface area contributed by atoms with Crippen LogP contribution in [0.4, 0.5) is 11.4 Å². The van der Waals surface area contributed by atoms with Crippen LogP contribution in [0.5, 0.6) is 5.75 Å². The molecule has 2 amide bonds. The first kappa shape index (κ1) is 17.0. The van der Waals surface area contributed by atoms with Gasteiger partial charge in [-0.15, -0.1) is 0 Å². The van der Waals surface area contributed by atoms with Gasteiger partial charge in [0.1, 0.15) is 12.4 Å². The van der Waals surface area contributed by atoms with Gasteiger partial charge in [-0.05, 0) is 42.0 Å². The molecule has 1 N–H and O–H groups in total. The third-order valence-electron chi connectivity index (χ3n) is 3.95. The van der Waals surface area contributed by atoms with Gasteiger partial charge in [-0.3, -0.25) is 9.59 Å². The van der Waals surface area contributed by atoms with Crippen molar-refractivity contribution >= 4 is 23.2 Å². The van der Waals surface area contributed by atoms with E-state index in [0.29, 0.717) is 18.8 Å². The molecule has 6 heteroatoms. The van der Waals surface area contributed by atoms with Crippen molar-refractivity contribution in [1.82, 2.24) is 0 Å². The summed E-state index contributed by atoms with van der Waals surface area (Å²) < 4.78 is 10.3. The fourth-order valence-corrected chi connectivity index (χ4v) is 2.69. The number of rotatable bonds is 5. The first-order chi connectivity index (χ1) is 12.2. The van der Waals surface area contributed by atoms with E-state index in [-0.39, 0.29) is 24.8 Å². The van der Waals surface area contributed by atoms with Crippen LogP contribution in [-0.4, -0.2) is 38.7 Å². The largest absolute Gasteiger partial charge is 0.497 e. The maximum atomic E-state index is 12.2. The molecule has 0 aliphatic carbocycles. The minimum absolute atomic E-state index is 0.0546. The van der Waals surface area contributed by atoms with Gasteiger partial charge in [-0.1, -0.05) is 12.1 Å². The molecular weight excluding hydrogens is 320 g/mol. The number of ether oxygens (including phenoxy) is 2. The lowest BCUT2D eigenvalue weighted by atomic mass is 10.1. The lowest BCUT2D eigenvalue weighted by molar-refractivity contribution is -0.125. The van der Waals surface area contributed by atoms with Crippen molar-refractivity contribution in [2.75, 3.05) is 37.1 Å². The fourth-order valence-electron chi connectivity index (χ4n) is 2.69. The molecule has 0 saturated carbocycles. The summed E-state index contributed by atoms with van der Waals surface area (Å²) in [6.45, 7) is 1.18. The van der Waals surface area contributed by atoms with E-state index in [1.54, 1.807) is 24.1 Å². The first-order valence-electron chi connectivity index (χ1n) is 8.06. The van der Waals surface area contributed by atoms with Crippen molar-refractivity contribution in [2.45, 2.75) is 6.42 Å². The van der Waals surface area contributed by atoms with Crippen molar-refractivity contribution in [2.24, 2.45) is 0 Å². The molecule has 0 bridgehead atoms. The Kier molecular flexibility index (Phi) is 5.30. The van der Waals surface area contributed by atoms with Gasteiger partial charge in [-0.25, -0.2) is 0 Å². The highest BCUT2D eigenvalue weighted by atomic mass is 16.5. The summed E-state index contributed by atoms with van der Waals surface area (Å²) in [5, 5.41) is 2.86. The second-order valence-electron chi connectivity index (χ2n) is 5.72. The number of methoxy groups -OCH3 is 1. The molecule has 2 aromatic rings. The summed E-state index contributed by atoms with van der Waals surface area (Å²) >= 11 is 0. The predicted octanol–water partition coefficient (Wildman–Crippen LogP) is 2.24. The number of carbonyl (C=O) groups is 2. The van der Waals surface area contributed by atoms with Crippen molar-refractivity contribution in [3.63, 3.8) is 0 Å². The van der Waals surface area contributed by atoms with Gasteiger partial charge < -0.3 is 19.7 Å². The van der Waals surface area contributed by atoms with Gasteiger partial charge >= 0.3 is 0 Å². The zero-order chi connectivity index (χ0) is 17.6. The Morgan fingerprint density at radius 2 is 2.04 bits per heavy atom. The van der Waals surface area contributed by atoms with Gasteiger partial charge in [-0.2, -0.15) is 0 Å². The van der Waals surface area contributed by atoms with Crippen LogP contribution >= 0.6 is 0 Å². The van der Waals surface area contributed by atoms with Crippen LogP contribution in [0.3, 0.4) is 0 Å². The molecule has 0 radical (unpaired) electrons. The minimum atomic E-state index is -0.108. The zero-order valence-corrected chi connectivity index (χ0v) is 14.0. The Labute approximate surface area is 146 Å². The summed E-state index contributed by atoms with van der Waals surface area (Å²) in [5.74, 6) is 0.564. The van der Waals surface area contributed by atoms with E-state index < -0.39 is 0 Å². The molecule has 1 aliphatic rings. The lowest BCUT2D eigenvalue weighted by Crippen LogP contribution is -2.41. The highest BCUT2D eigenvalue weighted by Gasteiger charge is 2.19.